The van der Waals surface area contributed by atoms with Crippen molar-refractivity contribution in [3.63, 3.8) is 0 Å². The van der Waals surface area contributed by atoms with Gasteiger partial charge in [0.05, 0.1) is 6.07 Å². The number of halogens is 1. The van der Waals surface area contributed by atoms with E-state index in [1.54, 1.807) is 0 Å². The van der Waals surface area contributed by atoms with E-state index in [4.69, 9.17) is 5.26 Å². The van der Waals surface area contributed by atoms with Crippen LogP contribution in [0.3, 0.4) is 0 Å². The van der Waals surface area contributed by atoms with Crippen molar-refractivity contribution in [2.45, 2.75) is 11.1 Å². The molecular weight excluding hydrogens is 324 g/mol. The Kier molecular flexibility index (Phi) is 3.67. The number of nitriles is 1. The van der Waals surface area contributed by atoms with Gasteiger partial charge in [-0.1, -0.05) is 5.21 Å². The average Bonchev–Trinajstić information content (AvgIpc) is 2.69. The average molecular weight is 335 g/mol. The number of hydrogen-bond donors (Lipinski definition) is 1. The highest BCUT2D eigenvalue weighted by Gasteiger charge is 2.37. The molecule has 1 aliphatic rings. The molecule has 1 aromatic rings. The number of nitrogens with zero attached hydrogens (tertiary/aromatic N) is 5. The van der Waals surface area contributed by atoms with Crippen LogP contribution < -0.4 is 5.32 Å². The molecule has 0 spiro atoms. The van der Waals surface area contributed by atoms with Crippen LogP contribution in [0.15, 0.2) is 9.63 Å². The van der Waals surface area contributed by atoms with Crippen LogP contribution in [0.1, 0.15) is 0 Å². The third-order valence-electron chi connectivity index (χ3n) is 2.63. The van der Waals surface area contributed by atoms with Crippen LogP contribution in [0.2, 0.25) is 0 Å². The summed E-state index contributed by atoms with van der Waals surface area (Å²) in [5.41, 5.74) is 0. The molecule has 1 atom stereocenters. The van der Waals surface area contributed by atoms with Gasteiger partial charge in [-0.25, -0.2) is 13.1 Å². The van der Waals surface area contributed by atoms with Gasteiger partial charge in [0.1, 0.15) is 6.04 Å². The first-order chi connectivity index (χ1) is 8.48. The van der Waals surface area contributed by atoms with E-state index in [1.807, 2.05) is 6.07 Å². The second kappa shape index (κ2) is 4.93. The van der Waals surface area contributed by atoms with Gasteiger partial charge >= 0.3 is 0 Å². The second-order valence-electron chi connectivity index (χ2n) is 3.77. The maximum Gasteiger partial charge on any atom is 0.264 e. The minimum absolute atomic E-state index is 0.0374. The molecule has 1 aliphatic heterocycles. The van der Waals surface area contributed by atoms with Gasteiger partial charge in [-0.3, -0.25) is 0 Å². The third-order valence-corrected chi connectivity index (χ3v) is 5.43. The second-order valence-corrected chi connectivity index (χ2v) is 6.33. The van der Waals surface area contributed by atoms with Gasteiger partial charge in [-0.2, -0.15) is 9.57 Å². The van der Waals surface area contributed by atoms with Gasteiger partial charge in [0.2, 0.25) is 5.03 Å². The number of piperazine rings is 1. The number of aryl methyl sites for hydroxylation is 1. The molecule has 8 nitrogen and oxygen atoms in total. The molecule has 2 rings (SSSR count). The zero-order valence-corrected chi connectivity index (χ0v) is 11.9. The van der Waals surface area contributed by atoms with Crippen LogP contribution in [-0.4, -0.2) is 53.4 Å². The Morgan fingerprint density at radius 3 is 2.89 bits per heavy atom. The fourth-order valence-corrected chi connectivity index (χ4v) is 4.37. The molecule has 98 valence electrons. The first-order valence-electron chi connectivity index (χ1n) is 5.16. The van der Waals surface area contributed by atoms with Crippen LogP contribution in [0.25, 0.3) is 0 Å². The minimum Gasteiger partial charge on any atom is -0.313 e. The lowest BCUT2D eigenvalue weighted by molar-refractivity contribution is 0.309. The zero-order chi connectivity index (χ0) is 13.3. The molecule has 0 radical (unpaired) electrons. The Bertz CT molecular complexity index is 572. The summed E-state index contributed by atoms with van der Waals surface area (Å²) in [7, 11) is -2.29. The maximum absolute atomic E-state index is 12.5. The van der Waals surface area contributed by atoms with Crippen LogP contribution in [0, 0.1) is 11.3 Å². The van der Waals surface area contributed by atoms with E-state index in [-0.39, 0.29) is 16.2 Å². The van der Waals surface area contributed by atoms with Crippen molar-refractivity contribution < 1.29 is 8.42 Å². The van der Waals surface area contributed by atoms with E-state index in [0.717, 1.165) is 0 Å². The van der Waals surface area contributed by atoms with Crippen LogP contribution in [0.5, 0.6) is 0 Å². The van der Waals surface area contributed by atoms with E-state index in [9.17, 15) is 8.42 Å². The van der Waals surface area contributed by atoms with Gasteiger partial charge in [0.15, 0.2) is 4.60 Å². The van der Waals surface area contributed by atoms with Crippen LogP contribution in [-0.2, 0) is 17.1 Å². The molecule has 0 saturated carbocycles. The predicted molar refractivity (Wildman–Crippen MR) is 64.9 cm³/mol. The monoisotopic (exact) mass is 334 g/mol. The van der Waals surface area contributed by atoms with Crippen molar-refractivity contribution in [1.82, 2.24) is 24.6 Å². The van der Waals surface area contributed by atoms with E-state index in [2.05, 4.69) is 31.6 Å². The standard InChI is InChI=1S/C8H11BrN6O2S/c1-14-8(7(9)12-13-14)18(16,17)15-3-2-11-5-6(15)4-10/h6,11H,2-3,5H2,1H3. The fraction of sp³-hybridized carbons (Fsp3) is 0.625. The molecule has 1 fully saturated rings. The molecule has 0 bridgehead atoms. The van der Waals surface area contributed by atoms with E-state index in [0.29, 0.717) is 13.1 Å². The largest absolute Gasteiger partial charge is 0.313 e. The van der Waals surface area contributed by atoms with Gasteiger partial charge in [-0.15, -0.1) is 5.10 Å². The summed E-state index contributed by atoms with van der Waals surface area (Å²) in [5.74, 6) is 0. The molecular formula is C8H11BrN6O2S. The lowest BCUT2D eigenvalue weighted by Crippen LogP contribution is -2.53. The minimum atomic E-state index is -3.78. The highest BCUT2D eigenvalue weighted by Crippen LogP contribution is 2.24. The number of sulfonamides is 1. The highest BCUT2D eigenvalue weighted by atomic mass is 79.9. The van der Waals surface area contributed by atoms with Crippen LogP contribution >= 0.6 is 15.9 Å². The van der Waals surface area contributed by atoms with Crippen molar-refractivity contribution in [3.05, 3.63) is 4.60 Å². The quantitative estimate of drug-likeness (QED) is 0.748. The van der Waals surface area contributed by atoms with Gasteiger partial charge in [0, 0.05) is 26.7 Å². The summed E-state index contributed by atoms with van der Waals surface area (Å²) in [5, 5.41) is 19.3. The Labute approximate surface area is 113 Å². The summed E-state index contributed by atoms with van der Waals surface area (Å²) in [4.78, 5) is 0. The summed E-state index contributed by atoms with van der Waals surface area (Å²) in [6.07, 6.45) is 0. The highest BCUT2D eigenvalue weighted by molar-refractivity contribution is 9.10. The SMILES string of the molecule is Cn1nnc(Br)c1S(=O)(=O)N1CCNCC1C#N. The molecule has 1 aromatic heterocycles. The lowest BCUT2D eigenvalue weighted by Gasteiger charge is -2.30. The van der Waals surface area contributed by atoms with Gasteiger partial charge in [-0.05, 0) is 15.9 Å². The number of aromatic nitrogens is 3. The van der Waals surface area contributed by atoms with Crippen molar-refractivity contribution in [2.24, 2.45) is 7.05 Å². The van der Waals surface area contributed by atoms with Crippen molar-refractivity contribution >= 4 is 26.0 Å². The van der Waals surface area contributed by atoms with Crippen molar-refractivity contribution in [2.75, 3.05) is 19.6 Å². The summed E-state index contributed by atoms with van der Waals surface area (Å²) >= 11 is 3.06. The summed E-state index contributed by atoms with van der Waals surface area (Å²) in [6, 6.07) is 1.26. The molecule has 1 N–H and O–H groups in total. The lowest BCUT2D eigenvalue weighted by atomic mass is 10.3. The predicted octanol–water partition coefficient (Wildman–Crippen LogP) is -0.936. The molecule has 18 heavy (non-hydrogen) atoms. The fourth-order valence-electron chi connectivity index (χ4n) is 1.79. The first-order valence-corrected chi connectivity index (χ1v) is 7.39. The number of nitrogens with one attached hydrogen (secondary N) is 1. The van der Waals surface area contributed by atoms with Gasteiger partial charge < -0.3 is 5.32 Å². The third kappa shape index (κ3) is 2.14. The van der Waals surface area contributed by atoms with E-state index < -0.39 is 16.1 Å². The molecule has 0 amide bonds. The zero-order valence-electron chi connectivity index (χ0n) is 9.54. The number of hydrogen-bond acceptors (Lipinski definition) is 6. The van der Waals surface area contributed by atoms with Crippen LogP contribution in [0.4, 0.5) is 0 Å². The molecule has 2 heterocycles. The Morgan fingerprint density at radius 1 is 1.61 bits per heavy atom. The van der Waals surface area contributed by atoms with Crippen molar-refractivity contribution in [3.8, 4) is 6.07 Å². The normalized spacial score (nSPS) is 21.7. The van der Waals surface area contributed by atoms with Gasteiger partial charge in [0.25, 0.3) is 10.0 Å². The molecule has 0 aliphatic carbocycles. The molecule has 0 aromatic carbocycles. The topological polar surface area (TPSA) is 104 Å². The van der Waals surface area contributed by atoms with E-state index >= 15 is 0 Å². The summed E-state index contributed by atoms with van der Waals surface area (Å²) < 4.78 is 27.5. The van der Waals surface area contributed by atoms with Crippen molar-refractivity contribution in [1.29, 1.82) is 5.26 Å². The van der Waals surface area contributed by atoms with E-state index in [1.165, 1.54) is 16.0 Å². The molecule has 1 unspecified atom stereocenters. The Morgan fingerprint density at radius 2 is 2.33 bits per heavy atom. The maximum atomic E-state index is 12.5. The molecule has 10 heteroatoms. The summed E-state index contributed by atoms with van der Waals surface area (Å²) in [6.45, 7) is 1.08. The smallest absolute Gasteiger partial charge is 0.264 e. The Hall–Kier alpha value is -1.02. The number of rotatable bonds is 2. The Balaban J connectivity index is 2.46. The molecule has 1 saturated heterocycles. The first kappa shape index (κ1) is 13.4.